The molecule has 0 bridgehead atoms. The van der Waals surface area contributed by atoms with E-state index in [9.17, 15) is 0 Å². The Morgan fingerprint density at radius 1 is 1.40 bits per heavy atom. The van der Waals surface area contributed by atoms with E-state index in [0.29, 0.717) is 6.00 Å². The van der Waals surface area contributed by atoms with Gasteiger partial charge in [-0.25, -0.2) is 0 Å². The SMILES string of the molecule is CC=CC[N+](C)(C)CCl.[Cl-]. The van der Waals surface area contributed by atoms with Crippen molar-refractivity contribution in [1.29, 1.82) is 0 Å². The number of halogens is 2. The van der Waals surface area contributed by atoms with Crippen LogP contribution in [0.5, 0.6) is 0 Å². The average Bonchev–Trinajstić information content (AvgIpc) is 1.84. The minimum absolute atomic E-state index is 0. The monoisotopic (exact) mass is 183 g/mol. The molecule has 0 amide bonds. The molecule has 0 radical (unpaired) electrons. The molecule has 0 aromatic rings. The van der Waals surface area contributed by atoms with Crippen LogP contribution >= 0.6 is 11.6 Å². The summed E-state index contributed by atoms with van der Waals surface area (Å²) in [6, 6.07) is 0.671. The summed E-state index contributed by atoms with van der Waals surface area (Å²) < 4.78 is 0.853. The van der Waals surface area contributed by atoms with Crippen molar-refractivity contribution < 1.29 is 16.9 Å². The second kappa shape index (κ2) is 6.02. The Bertz CT molecular complexity index is 99.8. The van der Waals surface area contributed by atoms with Crippen LogP contribution in [-0.2, 0) is 0 Å². The maximum absolute atomic E-state index is 5.67. The molecule has 0 aliphatic heterocycles. The van der Waals surface area contributed by atoms with Crippen LogP contribution in [0.25, 0.3) is 0 Å². The van der Waals surface area contributed by atoms with Gasteiger partial charge in [-0.15, -0.1) is 0 Å². The zero-order chi connectivity index (χ0) is 7.33. The van der Waals surface area contributed by atoms with Gasteiger partial charge in [-0.3, -0.25) is 0 Å². The van der Waals surface area contributed by atoms with Gasteiger partial charge in [0.1, 0.15) is 0 Å². The molecule has 0 saturated heterocycles. The first-order chi connectivity index (χ1) is 4.12. The molecule has 0 heterocycles. The van der Waals surface area contributed by atoms with Gasteiger partial charge in [-0.1, -0.05) is 17.7 Å². The van der Waals surface area contributed by atoms with E-state index in [1.54, 1.807) is 0 Å². The molecule has 0 rings (SSSR count). The summed E-state index contributed by atoms with van der Waals surface area (Å²) in [6.45, 7) is 3.04. The van der Waals surface area contributed by atoms with Crippen molar-refractivity contribution >= 4 is 11.6 Å². The van der Waals surface area contributed by atoms with Gasteiger partial charge in [0, 0.05) is 0 Å². The summed E-state index contributed by atoms with van der Waals surface area (Å²) in [5, 5.41) is 0. The molecule has 0 fully saturated rings. The van der Waals surface area contributed by atoms with E-state index in [4.69, 9.17) is 11.6 Å². The van der Waals surface area contributed by atoms with Crippen molar-refractivity contribution in [3.63, 3.8) is 0 Å². The number of likely N-dealkylation sites (N-methyl/N-ethyl adjacent to an activating group) is 1. The van der Waals surface area contributed by atoms with Gasteiger partial charge in [-0.2, -0.15) is 0 Å². The third-order valence-corrected chi connectivity index (χ3v) is 1.81. The highest BCUT2D eigenvalue weighted by atomic mass is 35.5. The molecule has 0 unspecified atom stereocenters. The van der Waals surface area contributed by atoms with Gasteiger partial charge in [0.2, 0.25) is 0 Å². The molecule has 0 N–H and O–H groups in total. The molecule has 0 saturated carbocycles. The Balaban J connectivity index is 0. The van der Waals surface area contributed by atoms with Crippen molar-refractivity contribution in [2.24, 2.45) is 0 Å². The second-order valence-electron chi connectivity index (χ2n) is 2.81. The quantitative estimate of drug-likeness (QED) is 0.224. The summed E-state index contributed by atoms with van der Waals surface area (Å²) in [7, 11) is 4.21. The number of hydrogen-bond donors (Lipinski definition) is 0. The maximum atomic E-state index is 5.67. The summed E-state index contributed by atoms with van der Waals surface area (Å²) in [5.41, 5.74) is 0. The fourth-order valence-corrected chi connectivity index (χ4v) is 0.537. The molecule has 0 aromatic heterocycles. The lowest BCUT2D eigenvalue weighted by Crippen LogP contribution is -3.00. The minimum Gasteiger partial charge on any atom is -1.00 e. The van der Waals surface area contributed by atoms with Gasteiger partial charge in [-0.05, 0) is 13.0 Å². The topological polar surface area (TPSA) is 0 Å². The molecule has 1 nitrogen and oxygen atoms in total. The van der Waals surface area contributed by atoms with Crippen LogP contribution in [0.4, 0.5) is 0 Å². The van der Waals surface area contributed by atoms with E-state index in [1.807, 2.05) is 13.0 Å². The van der Waals surface area contributed by atoms with Crippen molar-refractivity contribution in [1.82, 2.24) is 0 Å². The van der Waals surface area contributed by atoms with Crippen LogP contribution in [0.1, 0.15) is 6.92 Å². The molecule has 0 atom stereocenters. The molecule has 0 aromatic carbocycles. The summed E-state index contributed by atoms with van der Waals surface area (Å²) in [4.78, 5) is 0. The number of hydrogen-bond acceptors (Lipinski definition) is 0. The highest BCUT2D eigenvalue weighted by Gasteiger charge is 2.08. The van der Waals surface area contributed by atoms with Gasteiger partial charge < -0.3 is 16.9 Å². The molecular weight excluding hydrogens is 169 g/mol. The van der Waals surface area contributed by atoms with Crippen LogP contribution in [0.3, 0.4) is 0 Å². The largest absolute Gasteiger partial charge is 1.00 e. The predicted octanol–water partition coefficient (Wildman–Crippen LogP) is -1.16. The van der Waals surface area contributed by atoms with Gasteiger partial charge in [0.15, 0.2) is 6.00 Å². The third-order valence-electron chi connectivity index (χ3n) is 1.16. The highest BCUT2D eigenvalue weighted by Crippen LogP contribution is 1.98. The normalized spacial score (nSPS) is 11.6. The fraction of sp³-hybridized carbons (Fsp3) is 0.714. The molecule has 0 spiro atoms. The Labute approximate surface area is 74.7 Å². The smallest absolute Gasteiger partial charge is 0.154 e. The molecule has 3 heteroatoms. The van der Waals surface area contributed by atoms with E-state index in [2.05, 4.69) is 20.2 Å². The predicted molar refractivity (Wildman–Crippen MR) is 42.5 cm³/mol. The lowest BCUT2D eigenvalue weighted by atomic mass is 10.4. The Morgan fingerprint density at radius 3 is 2.20 bits per heavy atom. The van der Waals surface area contributed by atoms with Crippen molar-refractivity contribution in [2.45, 2.75) is 6.92 Å². The minimum atomic E-state index is 0. The first-order valence-electron chi connectivity index (χ1n) is 3.11. The maximum Gasteiger partial charge on any atom is 0.154 e. The average molecular weight is 184 g/mol. The highest BCUT2D eigenvalue weighted by molar-refractivity contribution is 6.16. The number of rotatable bonds is 3. The van der Waals surface area contributed by atoms with Crippen LogP contribution in [-0.4, -0.2) is 31.1 Å². The van der Waals surface area contributed by atoms with Crippen LogP contribution in [0.2, 0.25) is 0 Å². The van der Waals surface area contributed by atoms with Crippen molar-refractivity contribution in [3.8, 4) is 0 Å². The van der Waals surface area contributed by atoms with Crippen LogP contribution < -0.4 is 12.4 Å². The van der Waals surface area contributed by atoms with E-state index < -0.39 is 0 Å². The Hall–Kier alpha value is 0.280. The first-order valence-corrected chi connectivity index (χ1v) is 3.65. The van der Waals surface area contributed by atoms with E-state index >= 15 is 0 Å². The number of allylic oxidation sites excluding steroid dienone is 1. The second-order valence-corrected chi connectivity index (χ2v) is 3.05. The first kappa shape index (κ1) is 12.9. The molecule has 10 heavy (non-hydrogen) atoms. The number of alkyl halides is 1. The zero-order valence-electron chi connectivity index (χ0n) is 6.77. The molecule has 0 aliphatic carbocycles. The van der Waals surface area contributed by atoms with Gasteiger partial charge in [0.25, 0.3) is 0 Å². The Morgan fingerprint density at radius 2 is 1.90 bits per heavy atom. The van der Waals surface area contributed by atoms with E-state index in [1.165, 1.54) is 0 Å². The Kier molecular flexibility index (Phi) is 7.77. The van der Waals surface area contributed by atoms with E-state index in [-0.39, 0.29) is 12.4 Å². The van der Waals surface area contributed by atoms with E-state index in [0.717, 1.165) is 11.0 Å². The standard InChI is InChI=1S/C7H15ClN.ClH/c1-4-5-6-9(2,3)7-8;/h4-5H,6-7H2,1-3H3;1H/q+1;/p-1. The van der Waals surface area contributed by atoms with Crippen LogP contribution in [0.15, 0.2) is 12.2 Å². The molecule has 0 aliphatic rings. The zero-order valence-corrected chi connectivity index (χ0v) is 8.28. The third kappa shape index (κ3) is 6.40. The van der Waals surface area contributed by atoms with Gasteiger partial charge in [0.05, 0.1) is 20.6 Å². The molecular formula is C7H15Cl2N. The summed E-state index contributed by atoms with van der Waals surface area (Å²) in [6.07, 6.45) is 4.18. The number of quaternary nitrogens is 1. The number of nitrogens with zero attached hydrogens (tertiary/aromatic N) is 1. The van der Waals surface area contributed by atoms with Crippen molar-refractivity contribution in [2.75, 3.05) is 26.6 Å². The van der Waals surface area contributed by atoms with Crippen LogP contribution in [0, 0.1) is 0 Å². The van der Waals surface area contributed by atoms with Crippen molar-refractivity contribution in [3.05, 3.63) is 12.2 Å². The lowest BCUT2D eigenvalue weighted by Gasteiger charge is -2.24. The summed E-state index contributed by atoms with van der Waals surface area (Å²) in [5.74, 6) is 0. The fourth-order valence-electron chi connectivity index (χ4n) is 0.440. The molecule has 62 valence electrons. The lowest BCUT2D eigenvalue weighted by molar-refractivity contribution is -0.873. The summed E-state index contributed by atoms with van der Waals surface area (Å²) >= 11 is 5.67. The van der Waals surface area contributed by atoms with Gasteiger partial charge >= 0.3 is 0 Å².